The molecule has 2 aromatic carbocycles. The first-order valence-electron chi connectivity index (χ1n) is 5.88. The van der Waals surface area contributed by atoms with Crippen molar-refractivity contribution in [3.05, 3.63) is 53.6 Å². The number of fused-ring (bicyclic) bond motifs is 1. The van der Waals surface area contributed by atoms with Crippen molar-refractivity contribution in [2.45, 2.75) is 6.54 Å². The van der Waals surface area contributed by atoms with Gasteiger partial charge in [0.2, 0.25) is 0 Å². The second-order valence-corrected chi connectivity index (χ2v) is 4.62. The topological polar surface area (TPSA) is 41.6 Å². The molecule has 0 atom stereocenters. The standard InChI is InChI=1S/C15H10ClN3/c16-12-5-3-4-11(10-12)15-18-13-6-1-2-7-14(13)19(15)9-8-17/h1-7,10H,9H2. The van der Waals surface area contributed by atoms with Crippen molar-refractivity contribution in [3.63, 3.8) is 0 Å². The van der Waals surface area contributed by atoms with Gasteiger partial charge in [-0.2, -0.15) is 5.26 Å². The van der Waals surface area contributed by atoms with Crippen LogP contribution in [0.5, 0.6) is 0 Å². The molecule has 1 heterocycles. The Labute approximate surface area is 115 Å². The quantitative estimate of drug-likeness (QED) is 0.707. The highest BCUT2D eigenvalue weighted by atomic mass is 35.5. The number of nitriles is 1. The first-order chi connectivity index (χ1) is 9.29. The van der Waals surface area contributed by atoms with Crippen molar-refractivity contribution in [2.75, 3.05) is 0 Å². The third-order valence-electron chi connectivity index (χ3n) is 2.97. The van der Waals surface area contributed by atoms with Crippen molar-refractivity contribution >= 4 is 22.6 Å². The summed E-state index contributed by atoms with van der Waals surface area (Å²) in [4.78, 5) is 4.60. The summed E-state index contributed by atoms with van der Waals surface area (Å²) in [6.07, 6.45) is 0. The number of imidazole rings is 1. The Morgan fingerprint density at radius 2 is 2.00 bits per heavy atom. The molecule has 0 aliphatic rings. The van der Waals surface area contributed by atoms with E-state index >= 15 is 0 Å². The summed E-state index contributed by atoms with van der Waals surface area (Å²) >= 11 is 6.02. The summed E-state index contributed by atoms with van der Waals surface area (Å²) < 4.78 is 1.90. The molecule has 0 N–H and O–H groups in total. The Hall–Kier alpha value is -2.31. The van der Waals surface area contributed by atoms with E-state index in [-0.39, 0.29) is 6.54 Å². The molecule has 0 aliphatic heterocycles. The summed E-state index contributed by atoms with van der Waals surface area (Å²) in [5.74, 6) is 0.769. The lowest BCUT2D eigenvalue weighted by atomic mass is 10.2. The highest BCUT2D eigenvalue weighted by molar-refractivity contribution is 6.30. The van der Waals surface area contributed by atoms with Gasteiger partial charge in [0.05, 0.1) is 17.1 Å². The van der Waals surface area contributed by atoms with Gasteiger partial charge in [-0.25, -0.2) is 4.98 Å². The normalized spacial score (nSPS) is 10.5. The number of nitrogens with zero attached hydrogens (tertiary/aromatic N) is 3. The Bertz CT molecular complexity index is 783. The van der Waals surface area contributed by atoms with Crippen LogP contribution in [0, 0.1) is 11.3 Å². The SMILES string of the molecule is N#CCn1c(-c2cccc(Cl)c2)nc2ccccc21. The third-order valence-corrected chi connectivity index (χ3v) is 3.20. The molecular weight excluding hydrogens is 258 g/mol. The molecule has 3 nitrogen and oxygen atoms in total. The Kier molecular flexibility index (Phi) is 2.94. The van der Waals surface area contributed by atoms with Crippen molar-refractivity contribution in [1.29, 1.82) is 5.26 Å². The molecule has 0 amide bonds. The average Bonchev–Trinajstić information content (AvgIpc) is 2.79. The first-order valence-corrected chi connectivity index (χ1v) is 6.25. The molecule has 92 valence electrons. The molecular formula is C15H10ClN3. The Balaban J connectivity index is 2.28. The number of benzene rings is 2. The maximum atomic E-state index is 9.00. The van der Waals surface area contributed by atoms with Crippen LogP contribution in [-0.2, 0) is 6.54 Å². The van der Waals surface area contributed by atoms with Crippen LogP contribution in [0.15, 0.2) is 48.5 Å². The summed E-state index contributed by atoms with van der Waals surface area (Å²) in [6.45, 7) is 0.266. The van der Waals surface area contributed by atoms with E-state index in [1.807, 2.05) is 53.1 Å². The van der Waals surface area contributed by atoms with E-state index in [1.165, 1.54) is 0 Å². The van der Waals surface area contributed by atoms with Crippen LogP contribution in [-0.4, -0.2) is 9.55 Å². The summed E-state index contributed by atoms with van der Waals surface area (Å²) in [5.41, 5.74) is 2.76. The third kappa shape index (κ3) is 2.07. The fourth-order valence-corrected chi connectivity index (χ4v) is 2.34. The lowest BCUT2D eigenvalue weighted by molar-refractivity contribution is 0.870. The van der Waals surface area contributed by atoms with Gasteiger partial charge in [-0.3, -0.25) is 0 Å². The fraction of sp³-hybridized carbons (Fsp3) is 0.0667. The summed E-state index contributed by atoms with van der Waals surface area (Å²) in [6, 6.07) is 17.5. The van der Waals surface area contributed by atoms with E-state index < -0.39 is 0 Å². The molecule has 0 spiro atoms. The molecule has 0 aliphatic carbocycles. The predicted octanol–water partition coefficient (Wildman–Crippen LogP) is 3.88. The second kappa shape index (κ2) is 4.75. The van der Waals surface area contributed by atoms with Gasteiger partial charge in [-0.1, -0.05) is 35.9 Å². The minimum Gasteiger partial charge on any atom is -0.310 e. The molecule has 3 rings (SSSR count). The summed E-state index contributed by atoms with van der Waals surface area (Å²) in [5, 5.41) is 9.66. The lowest BCUT2D eigenvalue weighted by Crippen LogP contribution is -1.98. The van der Waals surface area contributed by atoms with Crippen molar-refractivity contribution in [1.82, 2.24) is 9.55 Å². The molecule has 19 heavy (non-hydrogen) atoms. The van der Waals surface area contributed by atoms with Crippen LogP contribution in [0.3, 0.4) is 0 Å². The molecule has 0 unspecified atom stereocenters. The molecule has 0 radical (unpaired) electrons. The van der Waals surface area contributed by atoms with E-state index in [0.717, 1.165) is 22.4 Å². The van der Waals surface area contributed by atoms with Crippen LogP contribution in [0.4, 0.5) is 0 Å². The number of halogens is 1. The fourth-order valence-electron chi connectivity index (χ4n) is 2.15. The van der Waals surface area contributed by atoms with Gasteiger partial charge in [0.1, 0.15) is 12.4 Å². The van der Waals surface area contributed by atoms with Crippen LogP contribution in [0.25, 0.3) is 22.4 Å². The highest BCUT2D eigenvalue weighted by Gasteiger charge is 2.11. The van der Waals surface area contributed by atoms with Gasteiger partial charge in [-0.15, -0.1) is 0 Å². The molecule has 1 aromatic heterocycles. The van der Waals surface area contributed by atoms with Gasteiger partial charge >= 0.3 is 0 Å². The highest BCUT2D eigenvalue weighted by Crippen LogP contribution is 2.26. The molecule has 0 fully saturated rings. The number of aromatic nitrogens is 2. The van der Waals surface area contributed by atoms with Crippen molar-refractivity contribution < 1.29 is 0 Å². The van der Waals surface area contributed by atoms with Crippen LogP contribution in [0.1, 0.15) is 0 Å². The minimum atomic E-state index is 0.266. The average molecular weight is 268 g/mol. The van der Waals surface area contributed by atoms with Crippen LogP contribution in [0.2, 0.25) is 5.02 Å². The number of hydrogen-bond acceptors (Lipinski definition) is 2. The zero-order valence-electron chi connectivity index (χ0n) is 10.0. The molecule has 3 aromatic rings. The zero-order valence-corrected chi connectivity index (χ0v) is 10.8. The van der Waals surface area contributed by atoms with Crippen LogP contribution < -0.4 is 0 Å². The predicted molar refractivity (Wildman–Crippen MR) is 75.8 cm³/mol. The van der Waals surface area contributed by atoms with Crippen LogP contribution >= 0.6 is 11.6 Å². The van der Waals surface area contributed by atoms with Gasteiger partial charge in [0.15, 0.2) is 0 Å². The number of para-hydroxylation sites is 2. The Morgan fingerprint density at radius 1 is 1.16 bits per heavy atom. The maximum Gasteiger partial charge on any atom is 0.142 e. The molecule has 4 heteroatoms. The van der Waals surface area contributed by atoms with E-state index in [4.69, 9.17) is 16.9 Å². The van der Waals surface area contributed by atoms with Gasteiger partial charge in [0.25, 0.3) is 0 Å². The minimum absolute atomic E-state index is 0.266. The van der Waals surface area contributed by atoms with Gasteiger partial charge in [0, 0.05) is 10.6 Å². The Morgan fingerprint density at radius 3 is 2.79 bits per heavy atom. The largest absolute Gasteiger partial charge is 0.310 e. The molecule has 0 bridgehead atoms. The van der Waals surface area contributed by atoms with Gasteiger partial charge in [-0.05, 0) is 24.3 Å². The first kappa shape index (κ1) is 11.8. The van der Waals surface area contributed by atoms with E-state index in [1.54, 1.807) is 0 Å². The molecule has 0 saturated heterocycles. The smallest absolute Gasteiger partial charge is 0.142 e. The summed E-state index contributed by atoms with van der Waals surface area (Å²) in [7, 11) is 0. The maximum absolute atomic E-state index is 9.00. The van der Waals surface area contributed by atoms with E-state index in [9.17, 15) is 0 Å². The van der Waals surface area contributed by atoms with Crippen molar-refractivity contribution in [3.8, 4) is 17.5 Å². The van der Waals surface area contributed by atoms with E-state index in [2.05, 4.69) is 11.1 Å². The van der Waals surface area contributed by atoms with E-state index in [0.29, 0.717) is 5.02 Å². The monoisotopic (exact) mass is 267 g/mol. The second-order valence-electron chi connectivity index (χ2n) is 4.18. The lowest BCUT2D eigenvalue weighted by Gasteiger charge is -2.05. The zero-order chi connectivity index (χ0) is 13.2. The molecule has 0 saturated carbocycles. The van der Waals surface area contributed by atoms with Crippen molar-refractivity contribution in [2.24, 2.45) is 0 Å². The number of hydrogen-bond donors (Lipinski definition) is 0. The van der Waals surface area contributed by atoms with Gasteiger partial charge < -0.3 is 4.57 Å². The number of rotatable bonds is 2.